The van der Waals surface area contributed by atoms with E-state index < -0.39 is 10.0 Å². The Morgan fingerprint density at radius 2 is 1.32 bits per heavy atom. The van der Waals surface area contributed by atoms with Gasteiger partial charge in [0.2, 0.25) is 10.0 Å². The number of halogens is 1. The van der Waals surface area contributed by atoms with E-state index in [4.69, 9.17) is 11.6 Å². The Hall–Kier alpha value is -1.31. The summed E-state index contributed by atoms with van der Waals surface area (Å²) in [6.07, 6.45) is 4.46. The van der Waals surface area contributed by atoms with Crippen molar-refractivity contribution in [3.8, 4) is 0 Å². The number of sulfonamides is 1. The topological polar surface area (TPSA) is 60.9 Å². The van der Waals surface area contributed by atoms with Gasteiger partial charge in [0.05, 0.1) is 4.90 Å². The number of hydrogen-bond acceptors (Lipinski definition) is 3. The first kappa shape index (κ1) is 18.5. The molecule has 6 nitrogen and oxygen atoms in total. The van der Waals surface area contributed by atoms with E-state index in [1.54, 1.807) is 17.0 Å². The third-order valence-corrected chi connectivity index (χ3v) is 7.00. The Morgan fingerprint density at radius 1 is 0.800 bits per heavy atom. The van der Waals surface area contributed by atoms with Crippen molar-refractivity contribution in [3.05, 3.63) is 29.3 Å². The summed E-state index contributed by atoms with van der Waals surface area (Å²) in [6, 6.07) is 6.24. The Bertz CT molecular complexity index is 692. The van der Waals surface area contributed by atoms with Crippen LogP contribution in [0, 0.1) is 0 Å². The first-order valence-electron chi connectivity index (χ1n) is 8.78. The van der Waals surface area contributed by atoms with E-state index in [9.17, 15) is 13.2 Å². The van der Waals surface area contributed by atoms with Crippen molar-refractivity contribution >= 4 is 27.7 Å². The molecular weight excluding hydrogens is 362 g/mol. The van der Waals surface area contributed by atoms with E-state index in [0.717, 1.165) is 25.9 Å². The minimum atomic E-state index is -3.54. The van der Waals surface area contributed by atoms with Gasteiger partial charge in [0, 0.05) is 44.3 Å². The lowest BCUT2D eigenvalue weighted by molar-refractivity contribution is 0.135. The highest BCUT2D eigenvalue weighted by molar-refractivity contribution is 7.89. The molecule has 0 aromatic heterocycles. The standard InChI is InChI=1S/C17H24ClN3O3S/c18-15-5-7-16(8-6-15)25(23,24)21-13-11-20(12-14-21)17(22)19-9-3-1-2-4-10-19/h5-8H,1-4,9-14H2. The zero-order chi connectivity index (χ0) is 17.9. The Morgan fingerprint density at radius 3 is 1.88 bits per heavy atom. The summed E-state index contributed by atoms with van der Waals surface area (Å²) in [4.78, 5) is 16.6. The average molecular weight is 386 g/mol. The summed E-state index contributed by atoms with van der Waals surface area (Å²) in [5, 5.41) is 0.506. The molecule has 2 amide bonds. The molecule has 0 atom stereocenters. The quantitative estimate of drug-likeness (QED) is 0.786. The number of urea groups is 1. The molecule has 0 unspecified atom stereocenters. The molecule has 25 heavy (non-hydrogen) atoms. The molecular formula is C17H24ClN3O3S. The van der Waals surface area contributed by atoms with Crippen molar-refractivity contribution in [1.82, 2.24) is 14.1 Å². The largest absolute Gasteiger partial charge is 0.325 e. The maximum atomic E-state index is 12.7. The Kier molecular flexibility index (Phi) is 5.86. The molecule has 0 bridgehead atoms. The highest BCUT2D eigenvalue weighted by atomic mass is 35.5. The van der Waals surface area contributed by atoms with E-state index in [-0.39, 0.29) is 10.9 Å². The Balaban J connectivity index is 1.61. The van der Waals surface area contributed by atoms with Gasteiger partial charge in [-0.15, -0.1) is 0 Å². The molecule has 3 rings (SSSR count). The second-order valence-corrected chi connectivity index (χ2v) is 8.90. The van der Waals surface area contributed by atoms with E-state index in [2.05, 4.69) is 0 Å². The maximum Gasteiger partial charge on any atom is 0.320 e. The summed E-state index contributed by atoms with van der Waals surface area (Å²) >= 11 is 5.83. The highest BCUT2D eigenvalue weighted by Crippen LogP contribution is 2.20. The second-order valence-electron chi connectivity index (χ2n) is 6.53. The van der Waals surface area contributed by atoms with Gasteiger partial charge < -0.3 is 9.80 Å². The van der Waals surface area contributed by atoms with E-state index in [1.165, 1.54) is 29.3 Å². The number of likely N-dealkylation sites (tertiary alicyclic amines) is 1. The molecule has 2 fully saturated rings. The molecule has 2 aliphatic heterocycles. The van der Waals surface area contributed by atoms with Crippen molar-refractivity contribution < 1.29 is 13.2 Å². The predicted octanol–water partition coefficient (Wildman–Crippen LogP) is 2.64. The van der Waals surface area contributed by atoms with Crippen molar-refractivity contribution in [3.63, 3.8) is 0 Å². The Labute approximate surface area is 154 Å². The minimum absolute atomic E-state index is 0.0467. The van der Waals surface area contributed by atoms with Gasteiger partial charge in [-0.1, -0.05) is 24.4 Å². The summed E-state index contributed by atoms with van der Waals surface area (Å²) in [5.74, 6) is 0. The van der Waals surface area contributed by atoms with Crippen LogP contribution in [0.1, 0.15) is 25.7 Å². The van der Waals surface area contributed by atoms with Crippen molar-refractivity contribution in [1.29, 1.82) is 0 Å². The second kappa shape index (κ2) is 7.93. The zero-order valence-electron chi connectivity index (χ0n) is 14.2. The van der Waals surface area contributed by atoms with Crippen molar-refractivity contribution in [2.24, 2.45) is 0 Å². The van der Waals surface area contributed by atoms with Gasteiger partial charge >= 0.3 is 6.03 Å². The van der Waals surface area contributed by atoms with Gasteiger partial charge in [-0.05, 0) is 37.1 Å². The van der Waals surface area contributed by atoms with Gasteiger partial charge in [0.25, 0.3) is 0 Å². The number of nitrogens with zero attached hydrogens (tertiary/aromatic N) is 3. The van der Waals surface area contributed by atoms with E-state index >= 15 is 0 Å². The molecule has 2 aliphatic rings. The van der Waals surface area contributed by atoms with E-state index in [1.807, 2.05) is 4.90 Å². The fourth-order valence-electron chi connectivity index (χ4n) is 3.34. The van der Waals surface area contributed by atoms with Crippen molar-refractivity contribution in [2.45, 2.75) is 30.6 Å². The van der Waals surface area contributed by atoms with Gasteiger partial charge in [-0.2, -0.15) is 4.31 Å². The molecule has 2 heterocycles. The number of piperazine rings is 1. The number of benzene rings is 1. The summed E-state index contributed by atoms with van der Waals surface area (Å²) < 4.78 is 26.8. The smallest absolute Gasteiger partial charge is 0.320 e. The molecule has 1 aromatic rings. The fraction of sp³-hybridized carbons (Fsp3) is 0.588. The zero-order valence-corrected chi connectivity index (χ0v) is 15.8. The van der Waals surface area contributed by atoms with Gasteiger partial charge in [0.15, 0.2) is 0 Å². The monoisotopic (exact) mass is 385 g/mol. The van der Waals surface area contributed by atoms with Crippen LogP contribution >= 0.6 is 11.6 Å². The number of carbonyl (C=O) groups is 1. The maximum absolute atomic E-state index is 12.7. The molecule has 0 spiro atoms. The molecule has 2 saturated heterocycles. The molecule has 0 saturated carbocycles. The number of carbonyl (C=O) groups excluding carboxylic acids is 1. The molecule has 138 valence electrons. The lowest BCUT2D eigenvalue weighted by Crippen LogP contribution is -2.54. The SMILES string of the molecule is O=C(N1CCCCCC1)N1CCN(S(=O)(=O)c2ccc(Cl)cc2)CC1. The van der Waals surface area contributed by atoms with Crippen LogP contribution in [0.5, 0.6) is 0 Å². The number of rotatable bonds is 2. The number of hydrogen-bond donors (Lipinski definition) is 0. The van der Waals surface area contributed by atoms with Crippen LogP contribution in [0.25, 0.3) is 0 Å². The van der Waals surface area contributed by atoms with Gasteiger partial charge in [-0.25, -0.2) is 13.2 Å². The third-order valence-electron chi connectivity index (χ3n) is 4.84. The summed E-state index contributed by atoms with van der Waals surface area (Å²) in [7, 11) is -3.54. The lowest BCUT2D eigenvalue weighted by Gasteiger charge is -2.36. The van der Waals surface area contributed by atoms with Gasteiger partial charge in [0.1, 0.15) is 0 Å². The first-order valence-corrected chi connectivity index (χ1v) is 10.6. The molecule has 8 heteroatoms. The number of amides is 2. The summed E-state index contributed by atoms with van der Waals surface area (Å²) in [6.45, 7) is 3.13. The third kappa shape index (κ3) is 4.27. The average Bonchev–Trinajstić information content (AvgIpc) is 2.91. The van der Waals surface area contributed by atoms with Gasteiger partial charge in [-0.3, -0.25) is 0 Å². The van der Waals surface area contributed by atoms with Crippen LogP contribution in [0.4, 0.5) is 4.79 Å². The van der Waals surface area contributed by atoms with Crippen LogP contribution in [-0.2, 0) is 10.0 Å². The predicted molar refractivity (Wildman–Crippen MR) is 97.2 cm³/mol. The normalized spacial score (nSPS) is 20.4. The van der Waals surface area contributed by atoms with E-state index in [0.29, 0.717) is 31.2 Å². The fourth-order valence-corrected chi connectivity index (χ4v) is 4.89. The van der Waals surface area contributed by atoms with Crippen LogP contribution < -0.4 is 0 Å². The van der Waals surface area contributed by atoms with Crippen LogP contribution in [0.3, 0.4) is 0 Å². The van der Waals surface area contributed by atoms with Crippen LogP contribution in [0.2, 0.25) is 5.02 Å². The lowest BCUT2D eigenvalue weighted by atomic mass is 10.2. The summed E-state index contributed by atoms with van der Waals surface area (Å²) in [5.41, 5.74) is 0. The van der Waals surface area contributed by atoms with Crippen LogP contribution in [-0.4, -0.2) is 67.8 Å². The molecule has 1 aromatic carbocycles. The van der Waals surface area contributed by atoms with Crippen LogP contribution in [0.15, 0.2) is 29.2 Å². The highest BCUT2D eigenvalue weighted by Gasteiger charge is 2.31. The first-order chi connectivity index (χ1) is 12.0. The molecule has 0 radical (unpaired) electrons. The van der Waals surface area contributed by atoms with Crippen molar-refractivity contribution in [2.75, 3.05) is 39.3 Å². The molecule has 0 N–H and O–H groups in total. The minimum Gasteiger partial charge on any atom is -0.325 e. The molecule has 0 aliphatic carbocycles.